The molecule has 0 aromatic carbocycles. The SMILES string of the molecule is CCCN(C(=O)CC(CC)CC)C1CCNCC1. The molecule has 3 heteroatoms. The Morgan fingerprint density at radius 2 is 1.83 bits per heavy atom. The van der Waals surface area contributed by atoms with Crippen molar-refractivity contribution in [2.45, 2.75) is 65.3 Å². The van der Waals surface area contributed by atoms with Gasteiger partial charge in [-0.25, -0.2) is 0 Å². The smallest absolute Gasteiger partial charge is 0.223 e. The van der Waals surface area contributed by atoms with Gasteiger partial charge in [0.2, 0.25) is 5.91 Å². The van der Waals surface area contributed by atoms with Crippen molar-refractivity contribution in [1.82, 2.24) is 10.2 Å². The van der Waals surface area contributed by atoms with Gasteiger partial charge in [0.1, 0.15) is 0 Å². The Balaban J connectivity index is 2.55. The predicted molar refractivity (Wildman–Crippen MR) is 76.6 cm³/mol. The Hall–Kier alpha value is -0.570. The van der Waals surface area contributed by atoms with Crippen LogP contribution in [0.5, 0.6) is 0 Å². The van der Waals surface area contributed by atoms with Crippen LogP contribution in [-0.4, -0.2) is 36.5 Å². The minimum Gasteiger partial charge on any atom is -0.340 e. The van der Waals surface area contributed by atoms with Crippen LogP contribution in [0.1, 0.15) is 59.3 Å². The lowest BCUT2D eigenvalue weighted by atomic mass is 9.97. The molecule has 0 bridgehead atoms. The van der Waals surface area contributed by atoms with Gasteiger partial charge in [-0.05, 0) is 38.3 Å². The molecule has 0 aromatic heterocycles. The van der Waals surface area contributed by atoms with Crippen molar-refractivity contribution in [1.29, 1.82) is 0 Å². The van der Waals surface area contributed by atoms with Crippen LogP contribution in [-0.2, 0) is 4.79 Å². The van der Waals surface area contributed by atoms with Gasteiger partial charge in [0.05, 0.1) is 0 Å². The maximum absolute atomic E-state index is 12.5. The van der Waals surface area contributed by atoms with E-state index in [4.69, 9.17) is 0 Å². The van der Waals surface area contributed by atoms with Crippen molar-refractivity contribution in [2.24, 2.45) is 5.92 Å². The number of hydrogen-bond acceptors (Lipinski definition) is 2. The first-order valence-electron chi connectivity index (χ1n) is 7.73. The molecule has 1 aliphatic heterocycles. The molecule has 3 nitrogen and oxygen atoms in total. The first kappa shape index (κ1) is 15.5. The molecule has 0 atom stereocenters. The van der Waals surface area contributed by atoms with Crippen molar-refractivity contribution in [3.8, 4) is 0 Å². The van der Waals surface area contributed by atoms with Gasteiger partial charge in [-0.3, -0.25) is 4.79 Å². The fourth-order valence-electron chi connectivity index (χ4n) is 2.81. The molecule has 0 aromatic rings. The van der Waals surface area contributed by atoms with E-state index < -0.39 is 0 Å². The van der Waals surface area contributed by atoms with E-state index in [2.05, 4.69) is 31.0 Å². The second kappa shape index (κ2) is 8.52. The molecule has 106 valence electrons. The third-order valence-electron chi connectivity index (χ3n) is 4.15. The summed E-state index contributed by atoms with van der Waals surface area (Å²) < 4.78 is 0. The summed E-state index contributed by atoms with van der Waals surface area (Å²) in [5, 5.41) is 3.38. The first-order valence-corrected chi connectivity index (χ1v) is 7.73. The molecule has 1 saturated heterocycles. The molecule has 1 rings (SSSR count). The van der Waals surface area contributed by atoms with Crippen molar-refractivity contribution >= 4 is 5.91 Å². The highest BCUT2D eigenvalue weighted by molar-refractivity contribution is 5.76. The molecule has 18 heavy (non-hydrogen) atoms. The summed E-state index contributed by atoms with van der Waals surface area (Å²) in [6, 6.07) is 0.480. The Morgan fingerprint density at radius 3 is 2.33 bits per heavy atom. The number of amides is 1. The van der Waals surface area contributed by atoms with E-state index in [1.54, 1.807) is 0 Å². The predicted octanol–water partition coefficient (Wildman–Crippen LogP) is 2.80. The van der Waals surface area contributed by atoms with Gasteiger partial charge < -0.3 is 10.2 Å². The summed E-state index contributed by atoms with van der Waals surface area (Å²) in [7, 11) is 0. The summed E-state index contributed by atoms with van der Waals surface area (Å²) in [6.45, 7) is 9.60. The highest BCUT2D eigenvalue weighted by Crippen LogP contribution is 2.19. The Labute approximate surface area is 112 Å². The molecule has 1 N–H and O–H groups in total. The second-order valence-corrected chi connectivity index (χ2v) is 5.45. The first-order chi connectivity index (χ1) is 8.72. The molecule has 0 saturated carbocycles. The standard InChI is InChI=1S/C15H30N2O/c1-4-11-17(14-7-9-16-10-8-14)15(18)12-13(5-2)6-3/h13-14,16H,4-12H2,1-3H3. The van der Waals surface area contributed by atoms with Crippen molar-refractivity contribution in [2.75, 3.05) is 19.6 Å². The van der Waals surface area contributed by atoms with Crippen molar-refractivity contribution < 1.29 is 4.79 Å². The quantitative estimate of drug-likeness (QED) is 0.757. The highest BCUT2D eigenvalue weighted by Gasteiger charge is 2.25. The zero-order valence-corrected chi connectivity index (χ0v) is 12.4. The van der Waals surface area contributed by atoms with Crippen LogP contribution in [0, 0.1) is 5.92 Å². The lowest BCUT2D eigenvalue weighted by Crippen LogP contribution is -2.46. The average molecular weight is 254 g/mol. The highest BCUT2D eigenvalue weighted by atomic mass is 16.2. The van der Waals surface area contributed by atoms with Crippen molar-refractivity contribution in [3.63, 3.8) is 0 Å². The van der Waals surface area contributed by atoms with E-state index in [0.717, 1.165) is 58.2 Å². The van der Waals surface area contributed by atoms with E-state index in [1.807, 2.05) is 0 Å². The number of nitrogens with one attached hydrogen (secondary N) is 1. The molecule has 0 unspecified atom stereocenters. The minimum absolute atomic E-state index is 0.387. The van der Waals surface area contributed by atoms with Crippen LogP contribution >= 0.6 is 0 Å². The summed E-state index contributed by atoms with van der Waals surface area (Å²) in [4.78, 5) is 14.6. The van der Waals surface area contributed by atoms with E-state index in [1.165, 1.54) is 0 Å². The lowest BCUT2D eigenvalue weighted by molar-refractivity contribution is -0.135. The van der Waals surface area contributed by atoms with Crippen LogP contribution in [0.2, 0.25) is 0 Å². The normalized spacial score (nSPS) is 17.1. The zero-order valence-electron chi connectivity index (χ0n) is 12.4. The second-order valence-electron chi connectivity index (χ2n) is 5.45. The molecule has 0 radical (unpaired) electrons. The minimum atomic E-state index is 0.387. The zero-order chi connectivity index (χ0) is 13.4. The molecular formula is C15H30N2O. The maximum atomic E-state index is 12.5. The number of rotatable bonds is 7. The molecular weight excluding hydrogens is 224 g/mol. The monoisotopic (exact) mass is 254 g/mol. The Morgan fingerprint density at radius 1 is 1.22 bits per heavy atom. The van der Waals surface area contributed by atoms with Crippen LogP contribution in [0.15, 0.2) is 0 Å². The summed E-state index contributed by atoms with van der Waals surface area (Å²) in [5.41, 5.74) is 0. The van der Waals surface area contributed by atoms with Gasteiger partial charge in [-0.1, -0.05) is 33.6 Å². The van der Waals surface area contributed by atoms with Crippen LogP contribution in [0.3, 0.4) is 0 Å². The third kappa shape index (κ3) is 4.60. The van der Waals surface area contributed by atoms with Crippen LogP contribution < -0.4 is 5.32 Å². The third-order valence-corrected chi connectivity index (χ3v) is 4.15. The van der Waals surface area contributed by atoms with E-state index in [-0.39, 0.29) is 0 Å². The molecule has 1 heterocycles. The number of hydrogen-bond donors (Lipinski definition) is 1. The number of carbonyl (C=O) groups excluding carboxylic acids is 1. The molecule has 0 aliphatic carbocycles. The largest absolute Gasteiger partial charge is 0.340 e. The lowest BCUT2D eigenvalue weighted by Gasteiger charge is -2.35. The molecule has 1 amide bonds. The molecule has 1 aliphatic rings. The van der Waals surface area contributed by atoms with Crippen LogP contribution in [0.25, 0.3) is 0 Å². The number of carbonyl (C=O) groups is 1. The summed E-state index contributed by atoms with van der Waals surface area (Å²) >= 11 is 0. The summed E-state index contributed by atoms with van der Waals surface area (Å²) in [6.07, 6.45) is 6.29. The Kier molecular flexibility index (Phi) is 7.33. The average Bonchev–Trinajstić information content (AvgIpc) is 2.42. The van der Waals surface area contributed by atoms with Gasteiger partial charge in [0.25, 0.3) is 0 Å². The fraction of sp³-hybridized carbons (Fsp3) is 0.933. The maximum Gasteiger partial charge on any atom is 0.223 e. The number of nitrogens with zero attached hydrogens (tertiary/aromatic N) is 1. The van der Waals surface area contributed by atoms with Gasteiger partial charge in [-0.2, -0.15) is 0 Å². The van der Waals surface area contributed by atoms with Gasteiger partial charge in [-0.15, -0.1) is 0 Å². The topological polar surface area (TPSA) is 32.3 Å². The van der Waals surface area contributed by atoms with E-state index in [0.29, 0.717) is 17.9 Å². The van der Waals surface area contributed by atoms with Gasteiger partial charge in [0, 0.05) is 19.0 Å². The van der Waals surface area contributed by atoms with E-state index >= 15 is 0 Å². The van der Waals surface area contributed by atoms with Crippen molar-refractivity contribution in [3.05, 3.63) is 0 Å². The molecule has 1 fully saturated rings. The molecule has 0 spiro atoms. The fourth-order valence-corrected chi connectivity index (χ4v) is 2.81. The van der Waals surface area contributed by atoms with Crippen LogP contribution in [0.4, 0.5) is 0 Å². The Bertz CT molecular complexity index is 233. The number of piperidine rings is 1. The van der Waals surface area contributed by atoms with Gasteiger partial charge >= 0.3 is 0 Å². The van der Waals surface area contributed by atoms with Gasteiger partial charge in [0.15, 0.2) is 0 Å². The van der Waals surface area contributed by atoms with E-state index in [9.17, 15) is 4.79 Å². The summed E-state index contributed by atoms with van der Waals surface area (Å²) in [5.74, 6) is 0.955.